The molecule has 0 unspecified atom stereocenters. The van der Waals surface area contributed by atoms with Crippen LogP contribution in [0.3, 0.4) is 0 Å². The molecule has 1 aliphatic carbocycles. The predicted octanol–water partition coefficient (Wildman–Crippen LogP) is 2.96. The maximum absolute atomic E-state index is 8.54. The Morgan fingerprint density at radius 3 is 2.53 bits per heavy atom. The molecule has 78 valence electrons. The molecule has 0 aromatic heterocycles. The summed E-state index contributed by atoms with van der Waals surface area (Å²) in [6, 6.07) is 10.3. The molecule has 0 saturated heterocycles. The number of nitrogens with one attached hydrogen (secondary N) is 1. The Bertz CT molecular complexity index is 344. The van der Waals surface area contributed by atoms with Crippen LogP contribution in [-0.2, 0) is 6.42 Å². The Labute approximate surface area is 90.9 Å². The summed E-state index contributed by atoms with van der Waals surface area (Å²) in [6.45, 7) is 1.09. The molecule has 0 radical (unpaired) electrons. The topological polar surface area (TPSA) is 35.8 Å². The fraction of sp³-hybridized carbons (Fsp3) is 0.462. The molecule has 1 aliphatic rings. The van der Waals surface area contributed by atoms with E-state index >= 15 is 0 Å². The largest absolute Gasteiger partial charge is 0.385 e. The molecule has 0 heterocycles. The molecule has 0 atom stereocenters. The van der Waals surface area contributed by atoms with Gasteiger partial charge in [-0.15, -0.1) is 0 Å². The van der Waals surface area contributed by atoms with Crippen molar-refractivity contribution in [3.8, 4) is 6.07 Å². The lowest BCUT2D eigenvalue weighted by atomic mass is 9.85. The second kappa shape index (κ2) is 4.84. The predicted molar refractivity (Wildman–Crippen MR) is 61.6 cm³/mol. The van der Waals surface area contributed by atoms with Crippen LogP contribution in [-0.4, -0.2) is 6.54 Å². The summed E-state index contributed by atoms with van der Waals surface area (Å²) in [5, 5.41) is 12.0. The summed E-state index contributed by atoms with van der Waals surface area (Å²) in [7, 11) is 0. The van der Waals surface area contributed by atoms with Crippen LogP contribution in [0.4, 0.5) is 5.69 Å². The summed E-state index contributed by atoms with van der Waals surface area (Å²) in [6.07, 6.45) is 4.65. The second-order valence-electron chi connectivity index (χ2n) is 4.21. The van der Waals surface area contributed by atoms with E-state index in [1.807, 2.05) is 12.1 Å². The van der Waals surface area contributed by atoms with Gasteiger partial charge in [-0.25, -0.2) is 0 Å². The van der Waals surface area contributed by atoms with Crippen LogP contribution >= 0.6 is 0 Å². The van der Waals surface area contributed by atoms with E-state index in [2.05, 4.69) is 23.5 Å². The van der Waals surface area contributed by atoms with Gasteiger partial charge in [-0.2, -0.15) is 5.26 Å². The Morgan fingerprint density at radius 1 is 1.27 bits per heavy atom. The Morgan fingerprint density at radius 2 is 2.00 bits per heavy atom. The van der Waals surface area contributed by atoms with Crippen LogP contribution in [0.5, 0.6) is 0 Å². The van der Waals surface area contributed by atoms with Crippen molar-refractivity contribution >= 4 is 5.69 Å². The highest BCUT2D eigenvalue weighted by Gasteiger charge is 2.16. The maximum atomic E-state index is 8.54. The molecule has 1 N–H and O–H groups in total. The van der Waals surface area contributed by atoms with Gasteiger partial charge in [0.25, 0.3) is 0 Å². The number of hydrogen-bond acceptors (Lipinski definition) is 2. The third-order valence-electron chi connectivity index (χ3n) is 3.06. The van der Waals surface area contributed by atoms with E-state index in [1.165, 1.54) is 24.9 Å². The van der Waals surface area contributed by atoms with E-state index in [-0.39, 0.29) is 0 Å². The molecule has 2 rings (SSSR count). The molecular weight excluding hydrogens is 184 g/mol. The number of hydrogen-bond donors (Lipinski definition) is 1. The first-order valence-electron chi connectivity index (χ1n) is 5.58. The SMILES string of the molecule is N#CCc1ccc(NCC2CCC2)cc1. The smallest absolute Gasteiger partial charge is 0.0669 e. The quantitative estimate of drug-likeness (QED) is 0.811. The molecule has 0 spiro atoms. The minimum absolute atomic E-state index is 0.503. The Kier molecular flexibility index (Phi) is 3.24. The van der Waals surface area contributed by atoms with E-state index < -0.39 is 0 Å². The summed E-state index contributed by atoms with van der Waals surface area (Å²) in [4.78, 5) is 0. The lowest BCUT2D eigenvalue weighted by molar-refractivity contribution is 0.333. The van der Waals surface area contributed by atoms with E-state index in [9.17, 15) is 0 Å². The summed E-state index contributed by atoms with van der Waals surface area (Å²) in [5.74, 6) is 0.879. The highest BCUT2D eigenvalue weighted by Crippen LogP contribution is 2.26. The van der Waals surface area contributed by atoms with E-state index in [0.29, 0.717) is 6.42 Å². The van der Waals surface area contributed by atoms with Crippen molar-refractivity contribution in [3.63, 3.8) is 0 Å². The Hall–Kier alpha value is -1.49. The van der Waals surface area contributed by atoms with Gasteiger partial charge in [0.15, 0.2) is 0 Å². The van der Waals surface area contributed by atoms with Crippen LogP contribution in [0, 0.1) is 17.2 Å². The molecule has 1 aromatic carbocycles. The molecule has 0 amide bonds. The maximum Gasteiger partial charge on any atom is 0.0669 e. The van der Waals surface area contributed by atoms with Crippen molar-refractivity contribution in [2.24, 2.45) is 5.92 Å². The lowest BCUT2D eigenvalue weighted by Gasteiger charge is -2.25. The van der Waals surface area contributed by atoms with Gasteiger partial charge in [0.05, 0.1) is 12.5 Å². The van der Waals surface area contributed by atoms with Crippen molar-refractivity contribution in [2.45, 2.75) is 25.7 Å². The van der Waals surface area contributed by atoms with Crippen LogP contribution in [0.15, 0.2) is 24.3 Å². The van der Waals surface area contributed by atoms with Gasteiger partial charge in [-0.05, 0) is 36.5 Å². The third-order valence-corrected chi connectivity index (χ3v) is 3.06. The molecule has 2 heteroatoms. The average Bonchev–Trinajstić information content (AvgIpc) is 2.19. The second-order valence-corrected chi connectivity index (χ2v) is 4.21. The van der Waals surface area contributed by atoms with Crippen molar-refractivity contribution in [3.05, 3.63) is 29.8 Å². The van der Waals surface area contributed by atoms with Crippen molar-refractivity contribution in [1.29, 1.82) is 5.26 Å². The van der Waals surface area contributed by atoms with Crippen LogP contribution in [0.2, 0.25) is 0 Å². The van der Waals surface area contributed by atoms with Crippen molar-refractivity contribution in [1.82, 2.24) is 0 Å². The van der Waals surface area contributed by atoms with Gasteiger partial charge in [0.1, 0.15) is 0 Å². The monoisotopic (exact) mass is 200 g/mol. The normalized spacial score (nSPS) is 15.4. The zero-order chi connectivity index (χ0) is 10.5. The van der Waals surface area contributed by atoms with Gasteiger partial charge in [-0.3, -0.25) is 0 Å². The van der Waals surface area contributed by atoms with Crippen molar-refractivity contribution < 1.29 is 0 Å². The van der Waals surface area contributed by atoms with Gasteiger partial charge in [0.2, 0.25) is 0 Å². The number of nitrogens with zero attached hydrogens (tertiary/aromatic N) is 1. The third kappa shape index (κ3) is 2.73. The summed E-state index contributed by atoms with van der Waals surface area (Å²) >= 11 is 0. The number of nitriles is 1. The first-order chi connectivity index (χ1) is 7.38. The van der Waals surface area contributed by atoms with Gasteiger partial charge >= 0.3 is 0 Å². The fourth-order valence-electron chi connectivity index (χ4n) is 1.79. The zero-order valence-corrected chi connectivity index (χ0v) is 8.87. The number of anilines is 1. The standard InChI is InChI=1S/C13H16N2/c14-9-8-11-4-6-13(7-5-11)15-10-12-2-1-3-12/h4-7,12,15H,1-3,8,10H2. The molecule has 2 nitrogen and oxygen atoms in total. The number of benzene rings is 1. The average molecular weight is 200 g/mol. The minimum Gasteiger partial charge on any atom is -0.385 e. The number of rotatable bonds is 4. The van der Waals surface area contributed by atoms with Gasteiger partial charge in [-0.1, -0.05) is 18.6 Å². The molecule has 0 bridgehead atoms. The molecular formula is C13H16N2. The molecule has 1 aromatic rings. The Balaban J connectivity index is 1.83. The molecule has 15 heavy (non-hydrogen) atoms. The van der Waals surface area contributed by atoms with E-state index in [4.69, 9.17) is 5.26 Å². The van der Waals surface area contributed by atoms with Gasteiger partial charge in [0, 0.05) is 12.2 Å². The first-order valence-corrected chi connectivity index (χ1v) is 5.58. The van der Waals surface area contributed by atoms with Gasteiger partial charge < -0.3 is 5.32 Å². The highest BCUT2D eigenvalue weighted by atomic mass is 14.9. The first kappa shape index (κ1) is 10.0. The molecule has 0 aliphatic heterocycles. The van der Waals surface area contributed by atoms with Crippen LogP contribution < -0.4 is 5.32 Å². The fourth-order valence-corrected chi connectivity index (χ4v) is 1.79. The molecule has 1 fully saturated rings. The van der Waals surface area contributed by atoms with Crippen LogP contribution in [0.1, 0.15) is 24.8 Å². The van der Waals surface area contributed by atoms with Crippen molar-refractivity contribution in [2.75, 3.05) is 11.9 Å². The highest BCUT2D eigenvalue weighted by molar-refractivity contribution is 5.45. The summed E-state index contributed by atoms with van der Waals surface area (Å²) < 4.78 is 0. The zero-order valence-electron chi connectivity index (χ0n) is 8.87. The lowest BCUT2D eigenvalue weighted by Crippen LogP contribution is -2.20. The van der Waals surface area contributed by atoms with E-state index in [0.717, 1.165) is 18.0 Å². The molecule has 1 saturated carbocycles. The van der Waals surface area contributed by atoms with E-state index in [1.54, 1.807) is 0 Å². The minimum atomic E-state index is 0.503. The summed E-state index contributed by atoms with van der Waals surface area (Å²) in [5.41, 5.74) is 2.26. The van der Waals surface area contributed by atoms with Crippen LogP contribution in [0.25, 0.3) is 0 Å².